The van der Waals surface area contributed by atoms with Gasteiger partial charge in [-0.1, -0.05) is 36.4 Å². The summed E-state index contributed by atoms with van der Waals surface area (Å²) in [5.41, 5.74) is 3.15. The molecule has 0 saturated heterocycles. The van der Waals surface area contributed by atoms with Crippen LogP contribution < -0.4 is 5.49 Å². The number of amides is 1. The van der Waals surface area contributed by atoms with Gasteiger partial charge in [-0.05, 0) is 36.8 Å². The topological polar surface area (TPSA) is 47.2 Å². The maximum atomic E-state index is 12.3. The molecule has 0 bridgehead atoms. The second kappa shape index (κ2) is 6.83. The number of hydrogen-bond acceptors (Lipinski definition) is 2. The predicted octanol–water partition coefficient (Wildman–Crippen LogP) is 2.98. The summed E-state index contributed by atoms with van der Waals surface area (Å²) < 4.78 is 1.95. The van der Waals surface area contributed by atoms with Crippen LogP contribution >= 0.6 is 0 Å². The molecule has 23 heavy (non-hydrogen) atoms. The van der Waals surface area contributed by atoms with Crippen molar-refractivity contribution in [3.8, 4) is 0 Å². The van der Waals surface area contributed by atoms with E-state index in [1.807, 2.05) is 60.2 Å². The van der Waals surface area contributed by atoms with Gasteiger partial charge in [-0.25, -0.2) is 0 Å². The number of aryl methyl sites for hydroxylation is 1. The Hall–Kier alpha value is -3.01. The lowest BCUT2D eigenvalue weighted by Gasteiger charge is -2.07. The molecule has 3 rings (SSSR count). The van der Waals surface area contributed by atoms with Gasteiger partial charge in [-0.2, -0.15) is 4.99 Å². The zero-order chi connectivity index (χ0) is 16.1. The second-order valence-electron chi connectivity index (χ2n) is 5.28. The van der Waals surface area contributed by atoms with Gasteiger partial charge in [0.2, 0.25) is 0 Å². The van der Waals surface area contributed by atoms with Crippen molar-refractivity contribution in [1.82, 2.24) is 9.55 Å². The van der Waals surface area contributed by atoms with Crippen LogP contribution in [0.25, 0.3) is 0 Å². The minimum absolute atomic E-state index is 0.287. The fourth-order valence-electron chi connectivity index (χ4n) is 2.25. The van der Waals surface area contributed by atoms with E-state index in [0.717, 1.165) is 11.3 Å². The molecule has 0 aliphatic carbocycles. The summed E-state index contributed by atoms with van der Waals surface area (Å²) in [6.07, 6.45) is 3.48. The summed E-state index contributed by atoms with van der Waals surface area (Å²) in [7, 11) is 0. The lowest BCUT2D eigenvalue weighted by atomic mass is 10.2. The fraction of sp³-hybridized carbons (Fsp3) is 0.105. The average Bonchev–Trinajstić information content (AvgIpc) is 2.58. The highest BCUT2D eigenvalue weighted by atomic mass is 16.1. The first-order valence-electron chi connectivity index (χ1n) is 7.43. The maximum absolute atomic E-state index is 12.3. The highest BCUT2D eigenvalue weighted by molar-refractivity contribution is 5.94. The smallest absolute Gasteiger partial charge is 0.280 e. The van der Waals surface area contributed by atoms with E-state index in [2.05, 4.69) is 22.1 Å². The fourth-order valence-corrected chi connectivity index (χ4v) is 2.25. The van der Waals surface area contributed by atoms with Crippen LogP contribution in [0.4, 0.5) is 0 Å². The van der Waals surface area contributed by atoms with Crippen molar-refractivity contribution >= 4 is 5.91 Å². The molecule has 0 saturated carbocycles. The number of nitrogens with zero attached hydrogens (tertiary/aromatic N) is 3. The molecule has 0 fully saturated rings. The summed E-state index contributed by atoms with van der Waals surface area (Å²) in [4.78, 5) is 20.7. The number of hydrogen-bond donors (Lipinski definition) is 0. The number of benzene rings is 1. The molecule has 0 aliphatic rings. The third kappa shape index (κ3) is 3.80. The summed E-state index contributed by atoms with van der Waals surface area (Å²) in [6.45, 7) is 2.55. The molecule has 4 nitrogen and oxygen atoms in total. The first-order chi connectivity index (χ1) is 11.2. The normalized spacial score (nSPS) is 11.4. The van der Waals surface area contributed by atoms with E-state index in [4.69, 9.17) is 0 Å². The molecule has 1 aromatic carbocycles. The van der Waals surface area contributed by atoms with E-state index in [-0.39, 0.29) is 5.91 Å². The number of carbonyl (C=O) groups is 1. The van der Waals surface area contributed by atoms with Gasteiger partial charge in [0.05, 0.1) is 5.56 Å². The molecule has 3 aromatic rings. The van der Waals surface area contributed by atoms with Crippen molar-refractivity contribution in [2.24, 2.45) is 4.99 Å². The van der Waals surface area contributed by atoms with Gasteiger partial charge in [-0.3, -0.25) is 9.78 Å². The Morgan fingerprint density at radius 3 is 2.57 bits per heavy atom. The van der Waals surface area contributed by atoms with Crippen molar-refractivity contribution < 1.29 is 4.79 Å². The number of aromatic nitrogens is 2. The van der Waals surface area contributed by atoms with E-state index >= 15 is 0 Å². The van der Waals surface area contributed by atoms with Crippen LogP contribution in [0.1, 0.15) is 21.6 Å². The van der Waals surface area contributed by atoms with Gasteiger partial charge in [0.15, 0.2) is 0 Å². The van der Waals surface area contributed by atoms with Crippen LogP contribution in [0.5, 0.6) is 0 Å². The SMILES string of the molecule is Cc1ccc(C(=O)N=c2ccccn2Cc2ccccc2)cn1. The third-order valence-electron chi connectivity index (χ3n) is 3.49. The number of pyridine rings is 2. The molecule has 1 amide bonds. The number of rotatable bonds is 3. The van der Waals surface area contributed by atoms with E-state index in [1.165, 1.54) is 0 Å². The highest BCUT2D eigenvalue weighted by Crippen LogP contribution is 2.02. The molecular formula is C19H17N3O. The van der Waals surface area contributed by atoms with Crippen LogP contribution in [-0.4, -0.2) is 15.5 Å². The van der Waals surface area contributed by atoms with Gasteiger partial charge in [0, 0.05) is 24.6 Å². The van der Waals surface area contributed by atoms with Crippen molar-refractivity contribution in [1.29, 1.82) is 0 Å². The lowest BCUT2D eigenvalue weighted by Crippen LogP contribution is -2.22. The van der Waals surface area contributed by atoms with E-state index in [9.17, 15) is 4.79 Å². The van der Waals surface area contributed by atoms with Gasteiger partial charge < -0.3 is 4.57 Å². The quantitative estimate of drug-likeness (QED) is 0.747. The van der Waals surface area contributed by atoms with Crippen LogP contribution in [0.3, 0.4) is 0 Å². The molecule has 4 heteroatoms. The Labute approximate surface area is 134 Å². The minimum Gasteiger partial charge on any atom is -0.328 e. The lowest BCUT2D eigenvalue weighted by molar-refractivity contribution is 0.0997. The summed E-state index contributed by atoms with van der Waals surface area (Å²) in [6, 6.07) is 19.3. The molecule has 2 aromatic heterocycles. The van der Waals surface area contributed by atoms with Crippen LogP contribution in [0.15, 0.2) is 78.0 Å². The van der Waals surface area contributed by atoms with E-state index < -0.39 is 0 Å². The minimum atomic E-state index is -0.287. The predicted molar refractivity (Wildman–Crippen MR) is 88.8 cm³/mol. The van der Waals surface area contributed by atoms with Gasteiger partial charge in [0.1, 0.15) is 5.49 Å². The molecule has 0 N–H and O–H groups in total. The summed E-state index contributed by atoms with van der Waals surface area (Å²) in [5, 5.41) is 0. The molecule has 0 unspecified atom stereocenters. The average molecular weight is 303 g/mol. The molecule has 0 aliphatic heterocycles. The van der Waals surface area contributed by atoms with Crippen LogP contribution in [-0.2, 0) is 6.54 Å². The molecule has 0 spiro atoms. The van der Waals surface area contributed by atoms with Gasteiger partial charge in [0.25, 0.3) is 5.91 Å². The zero-order valence-corrected chi connectivity index (χ0v) is 12.9. The largest absolute Gasteiger partial charge is 0.328 e. The molecule has 0 radical (unpaired) electrons. The van der Waals surface area contributed by atoms with Crippen molar-refractivity contribution in [2.45, 2.75) is 13.5 Å². The van der Waals surface area contributed by atoms with Crippen molar-refractivity contribution in [3.63, 3.8) is 0 Å². The first-order valence-corrected chi connectivity index (χ1v) is 7.43. The van der Waals surface area contributed by atoms with Crippen LogP contribution in [0, 0.1) is 6.92 Å². The molecule has 2 heterocycles. The molecule has 0 atom stereocenters. The van der Waals surface area contributed by atoms with Crippen molar-refractivity contribution in [3.05, 3.63) is 95.4 Å². The molecule has 114 valence electrons. The summed E-state index contributed by atoms with van der Waals surface area (Å²) >= 11 is 0. The number of carbonyl (C=O) groups excluding carboxylic acids is 1. The van der Waals surface area contributed by atoms with Gasteiger partial charge >= 0.3 is 0 Å². The Morgan fingerprint density at radius 2 is 1.83 bits per heavy atom. The van der Waals surface area contributed by atoms with Crippen molar-refractivity contribution in [2.75, 3.05) is 0 Å². The Morgan fingerprint density at radius 1 is 1.04 bits per heavy atom. The van der Waals surface area contributed by atoms with Gasteiger partial charge in [-0.15, -0.1) is 0 Å². The first kappa shape index (κ1) is 14.9. The highest BCUT2D eigenvalue weighted by Gasteiger charge is 2.04. The van der Waals surface area contributed by atoms with E-state index in [0.29, 0.717) is 17.6 Å². The zero-order valence-electron chi connectivity index (χ0n) is 12.9. The third-order valence-corrected chi connectivity index (χ3v) is 3.49. The maximum Gasteiger partial charge on any atom is 0.280 e. The summed E-state index contributed by atoms with van der Waals surface area (Å²) in [5.74, 6) is -0.287. The Bertz CT molecular complexity index is 865. The van der Waals surface area contributed by atoms with E-state index in [1.54, 1.807) is 12.3 Å². The molecular weight excluding hydrogens is 286 g/mol. The monoisotopic (exact) mass is 303 g/mol. The standard InChI is InChI=1S/C19H17N3O/c1-15-10-11-17(13-20-15)19(23)21-18-9-5-6-12-22(18)14-16-7-3-2-4-8-16/h2-13H,14H2,1H3. The second-order valence-corrected chi connectivity index (χ2v) is 5.28. The Kier molecular flexibility index (Phi) is 4.43. The van der Waals surface area contributed by atoms with Crippen LogP contribution in [0.2, 0.25) is 0 Å². The Balaban J connectivity index is 1.93.